The van der Waals surface area contributed by atoms with Crippen molar-refractivity contribution in [1.82, 2.24) is 4.98 Å². The van der Waals surface area contributed by atoms with Gasteiger partial charge in [-0.25, -0.2) is 4.98 Å². The fraction of sp³-hybridized carbons (Fsp3) is 0.0370. The van der Waals surface area contributed by atoms with Crippen LogP contribution in [-0.4, -0.2) is 4.98 Å². The maximum absolute atomic E-state index is 8.90. The third-order valence-electron chi connectivity index (χ3n) is 5.17. The lowest BCUT2D eigenvalue weighted by atomic mass is 9.99. The predicted molar refractivity (Wildman–Crippen MR) is 129 cm³/mol. The van der Waals surface area contributed by atoms with Crippen LogP contribution in [0, 0.1) is 11.3 Å². The molecule has 0 bridgehead atoms. The number of pyridine rings is 1. The first-order valence-corrected chi connectivity index (χ1v) is 9.87. The smallest absolute Gasteiger partial charge is 0.136 e. The summed E-state index contributed by atoms with van der Waals surface area (Å²) >= 11 is 0. The molecule has 0 saturated carbocycles. The van der Waals surface area contributed by atoms with Crippen molar-refractivity contribution in [2.45, 2.75) is 6.42 Å². The van der Waals surface area contributed by atoms with Crippen LogP contribution in [0.4, 0.5) is 0 Å². The Morgan fingerprint density at radius 1 is 1.10 bits per heavy atom. The SMILES string of the molecule is C=Cc1ccc2oc3cc(-c4cccc(C(/C=C\N)=C/CC#N)n4)ccc3c2c1C=C. The van der Waals surface area contributed by atoms with Crippen LogP contribution in [0.2, 0.25) is 0 Å². The Hall–Kier alpha value is -4.36. The molecule has 0 fully saturated rings. The summed E-state index contributed by atoms with van der Waals surface area (Å²) in [5.74, 6) is 0. The Morgan fingerprint density at radius 2 is 1.97 bits per heavy atom. The summed E-state index contributed by atoms with van der Waals surface area (Å²) in [6.07, 6.45) is 8.97. The number of nitrogens with zero attached hydrogens (tertiary/aromatic N) is 2. The molecule has 4 rings (SSSR count). The fourth-order valence-corrected chi connectivity index (χ4v) is 3.74. The summed E-state index contributed by atoms with van der Waals surface area (Å²) in [6, 6.07) is 17.9. The molecule has 2 aromatic heterocycles. The van der Waals surface area contributed by atoms with Crippen molar-refractivity contribution in [1.29, 1.82) is 5.26 Å². The number of benzene rings is 2. The summed E-state index contributed by atoms with van der Waals surface area (Å²) in [6.45, 7) is 7.86. The first kappa shape index (κ1) is 19.9. The van der Waals surface area contributed by atoms with E-state index >= 15 is 0 Å². The van der Waals surface area contributed by atoms with Crippen LogP contribution >= 0.6 is 0 Å². The Labute approximate surface area is 180 Å². The Morgan fingerprint density at radius 3 is 2.71 bits per heavy atom. The lowest BCUT2D eigenvalue weighted by Gasteiger charge is -2.06. The van der Waals surface area contributed by atoms with E-state index in [2.05, 4.69) is 25.3 Å². The molecule has 0 aliphatic heterocycles. The molecule has 4 heteroatoms. The van der Waals surface area contributed by atoms with Crippen LogP contribution in [0.25, 0.3) is 50.9 Å². The summed E-state index contributed by atoms with van der Waals surface area (Å²) in [7, 11) is 0. The van der Waals surface area contributed by atoms with E-state index in [0.717, 1.165) is 55.6 Å². The van der Waals surface area contributed by atoms with E-state index in [1.165, 1.54) is 6.20 Å². The molecule has 4 aromatic rings. The molecule has 2 aromatic carbocycles. The molecule has 2 N–H and O–H groups in total. The number of furan rings is 1. The van der Waals surface area contributed by atoms with E-state index in [0.29, 0.717) is 0 Å². The van der Waals surface area contributed by atoms with Crippen molar-refractivity contribution in [2.75, 3.05) is 0 Å². The molecule has 0 aliphatic carbocycles. The zero-order chi connectivity index (χ0) is 21.8. The van der Waals surface area contributed by atoms with Crippen LogP contribution in [0.1, 0.15) is 23.2 Å². The highest BCUT2D eigenvalue weighted by Crippen LogP contribution is 2.36. The van der Waals surface area contributed by atoms with Gasteiger partial charge in [0.15, 0.2) is 0 Å². The molecular formula is C27H21N3O. The van der Waals surface area contributed by atoms with Gasteiger partial charge in [0.1, 0.15) is 11.2 Å². The van der Waals surface area contributed by atoms with Gasteiger partial charge in [-0.15, -0.1) is 0 Å². The van der Waals surface area contributed by atoms with Crippen molar-refractivity contribution < 1.29 is 4.42 Å². The highest BCUT2D eigenvalue weighted by molar-refractivity contribution is 6.10. The minimum Gasteiger partial charge on any atom is -0.456 e. The van der Waals surface area contributed by atoms with E-state index < -0.39 is 0 Å². The first-order chi connectivity index (χ1) is 15.2. The largest absolute Gasteiger partial charge is 0.456 e. The van der Waals surface area contributed by atoms with Crippen molar-refractivity contribution in [3.63, 3.8) is 0 Å². The predicted octanol–water partition coefficient (Wildman–Crippen LogP) is 6.70. The van der Waals surface area contributed by atoms with Gasteiger partial charge in [0.05, 0.1) is 23.9 Å². The summed E-state index contributed by atoms with van der Waals surface area (Å²) in [5.41, 5.74) is 12.5. The molecule has 150 valence electrons. The summed E-state index contributed by atoms with van der Waals surface area (Å²) < 4.78 is 6.14. The maximum Gasteiger partial charge on any atom is 0.136 e. The number of nitriles is 1. The van der Waals surface area contributed by atoms with Crippen molar-refractivity contribution in [3.8, 4) is 17.3 Å². The molecule has 2 heterocycles. The number of aromatic nitrogens is 1. The van der Waals surface area contributed by atoms with Crippen LogP contribution in [0.15, 0.2) is 84.5 Å². The minimum absolute atomic E-state index is 0.287. The zero-order valence-electron chi connectivity index (χ0n) is 17.0. The van der Waals surface area contributed by atoms with E-state index in [1.807, 2.05) is 60.7 Å². The molecule has 0 unspecified atom stereocenters. The third kappa shape index (κ3) is 3.65. The van der Waals surface area contributed by atoms with E-state index in [4.69, 9.17) is 20.4 Å². The van der Waals surface area contributed by atoms with Gasteiger partial charge in [-0.2, -0.15) is 5.26 Å². The molecule has 0 atom stereocenters. The van der Waals surface area contributed by atoms with Crippen LogP contribution in [0.5, 0.6) is 0 Å². The summed E-state index contributed by atoms with van der Waals surface area (Å²) in [5, 5.41) is 11.0. The number of nitrogens with two attached hydrogens (primary N) is 1. The Balaban J connectivity index is 1.84. The van der Waals surface area contributed by atoms with Crippen molar-refractivity contribution >= 4 is 39.7 Å². The van der Waals surface area contributed by atoms with E-state index in [-0.39, 0.29) is 6.42 Å². The maximum atomic E-state index is 8.90. The lowest BCUT2D eigenvalue weighted by molar-refractivity contribution is 0.669. The normalized spacial score (nSPS) is 11.8. The van der Waals surface area contributed by atoms with Crippen LogP contribution < -0.4 is 5.73 Å². The fourth-order valence-electron chi connectivity index (χ4n) is 3.74. The highest BCUT2D eigenvalue weighted by atomic mass is 16.3. The van der Waals surface area contributed by atoms with Crippen molar-refractivity contribution in [3.05, 3.63) is 96.9 Å². The molecule has 31 heavy (non-hydrogen) atoms. The van der Waals surface area contributed by atoms with Gasteiger partial charge in [0.2, 0.25) is 0 Å². The standard InChI is InChI=1S/C27H21N3O/c1-3-18-11-13-25-27(21(18)4-2)22-12-10-20(17-26(22)31-25)24-9-5-8-23(30-24)19(14-16-29)7-6-15-28/h3-5,7-14,16-17H,1-2,6,29H2/b16-14-,19-7+. The Kier molecular flexibility index (Phi) is 5.51. The van der Waals surface area contributed by atoms with Gasteiger partial charge in [0.25, 0.3) is 0 Å². The molecule has 0 spiro atoms. The second kappa shape index (κ2) is 8.56. The van der Waals surface area contributed by atoms with Crippen molar-refractivity contribution in [2.24, 2.45) is 5.73 Å². The molecule has 0 aliphatic rings. The zero-order valence-corrected chi connectivity index (χ0v) is 17.0. The number of allylic oxidation sites excluding steroid dienone is 3. The lowest BCUT2D eigenvalue weighted by Crippen LogP contribution is -1.92. The first-order valence-electron chi connectivity index (χ1n) is 9.87. The van der Waals surface area contributed by atoms with Gasteiger partial charge in [-0.1, -0.05) is 49.6 Å². The molecule has 0 saturated heterocycles. The van der Waals surface area contributed by atoms with Crippen LogP contribution in [0.3, 0.4) is 0 Å². The molecule has 0 amide bonds. The van der Waals surface area contributed by atoms with E-state index in [1.54, 1.807) is 6.08 Å². The summed E-state index contributed by atoms with van der Waals surface area (Å²) in [4.78, 5) is 4.78. The Bertz CT molecular complexity index is 1410. The monoisotopic (exact) mass is 403 g/mol. The molecule has 0 radical (unpaired) electrons. The number of fused-ring (bicyclic) bond motifs is 3. The number of hydrogen-bond acceptors (Lipinski definition) is 4. The quantitative estimate of drug-likeness (QED) is 0.363. The second-order valence-electron chi connectivity index (χ2n) is 6.95. The van der Waals surface area contributed by atoms with E-state index in [9.17, 15) is 0 Å². The second-order valence-corrected chi connectivity index (χ2v) is 6.95. The number of hydrogen-bond donors (Lipinski definition) is 1. The van der Waals surface area contributed by atoms with Gasteiger partial charge in [-0.05, 0) is 59.3 Å². The van der Waals surface area contributed by atoms with Gasteiger partial charge in [0, 0.05) is 16.3 Å². The molecule has 4 nitrogen and oxygen atoms in total. The van der Waals surface area contributed by atoms with Gasteiger partial charge < -0.3 is 10.2 Å². The highest BCUT2D eigenvalue weighted by Gasteiger charge is 2.13. The minimum atomic E-state index is 0.287. The average Bonchev–Trinajstić information content (AvgIpc) is 3.19. The third-order valence-corrected chi connectivity index (χ3v) is 5.17. The topological polar surface area (TPSA) is 75.8 Å². The number of rotatable bonds is 6. The van der Waals surface area contributed by atoms with Gasteiger partial charge >= 0.3 is 0 Å². The average molecular weight is 403 g/mol. The van der Waals surface area contributed by atoms with Gasteiger partial charge in [-0.3, -0.25) is 0 Å². The molecular weight excluding hydrogens is 382 g/mol. The van der Waals surface area contributed by atoms with Crippen LogP contribution in [-0.2, 0) is 0 Å².